The van der Waals surface area contributed by atoms with Crippen molar-refractivity contribution in [3.63, 3.8) is 0 Å². The number of aliphatic carboxylic acids is 1. The maximum Gasteiger partial charge on any atom is 0.310 e. The lowest BCUT2D eigenvalue weighted by molar-refractivity contribution is -0.138. The van der Waals surface area contributed by atoms with Gasteiger partial charge in [-0.1, -0.05) is 37.7 Å². The topological polar surface area (TPSA) is 67.5 Å². The van der Waals surface area contributed by atoms with Gasteiger partial charge in [0.2, 0.25) is 0 Å². The number of hydrogen-bond acceptors (Lipinski definition) is 4. The van der Waals surface area contributed by atoms with Gasteiger partial charge in [-0.3, -0.25) is 9.20 Å². The molecule has 0 fully saturated rings. The predicted molar refractivity (Wildman–Crippen MR) is 93.7 cm³/mol. The molecule has 1 aromatic carbocycles. The smallest absolute Gasteiger partial charge is 0.310 e. The Labute approximate surface area is 144 Å². The molecule has 0 saturated carbocycles. The predicted octanol–water partition coefficient (Wildman–Crippen LogP) is 4.19. The van der Waals surface area contributed by atoms with E-state index in [9.17, 15) is 4.79 Å². The van der Waals surface area contributed by atoms with Crippen molar-refractivity contribution in [1.82, 2.24) is 14.6 Å². The quantitative estimate of drug-likeness (QED) is 0.753. The second-order valence-corrected chi connectivity index (χ2v) is 7.18. The number of carboxylic acids is 1. The molecule has 3 aromatic rings. The van der Waals surface area contributed by atoms with Crippen LogP contribution in [-0.4, -0.2) is 25.7 Å². The molecule has 0 aliphatic heterocycles. The number of benzene rings is 1. The summed E-state index contributed by atoms with van der Waals surface area (Å²) in [5.74, 6) is -0.0594. The lowest BCUT2D eigenvalue weighted by Gasteiger charge is -2.08. The van der Waals surface area contributed by atoms with E-state index in [2.05, 4.69) is 24.0 Å². The van der Waals surface area contributed by atoms with Gasteiger partial charge < -0.3 is 5.11 Å². The zero-order chi connectivity index (χ0) is 17.3. The first-order chi connectivity index (χ1) is 11.5. The highest BCUT2D eigenvalue weighted by atomic mass is 32.2. The summed E-state index contributed by atoms with van der Waals surface area (Å²) in [6.45, 7) is 5.88. The Morgan fingerprint density at radius 1 is 1.04 bits per heavy atom. The molecule has 124 valence electrons. The van der Waals surface area contributed by atoms with Crippen molar-refractivity contribution >= 4 is 23.4 Å². The Morgan fingerprint density at radius 2 is 1.71 bits per heavy atom. The zero-order valence-electron chi connectivity index (χ0n) is 13.8. The van der Waals surface area contributed by atoms with Crippen LogP contribution in [0.15, 0.2) is 52.4 Å². The second kappa shape index (κ2) is 6.65. The average Bonchev–Trinajstić information content (AvgIpc) is 2.98. The first-order valence-electron chi connectivity index (χ1n) is 7.81. The van der Waals surface area contributed by atoms with Crippen LogP contribution in [-0.2, 0) is 4.79 Å². The Hall–Kier alpha value is -2.34. The van der Waals surface area contributed by atoms with E-state index in [1.54, 1.807) is 18.7 Å². The molecule has 6 heteroatoms. The highest BCUT2D eigenvalue weighted by Crippen LogP contribution is 2.29. The molecule has 0 amide bonds. The minimum Gasteiger partial charge on any atom is -0.481 e. The number of fused-ring (bicyclic) bond motifs is 1. The molecule has 0 aliphatic carbocycles. The first-order valence-corrected chi connectivity index (χ1v) is 8.62. The van der Waals surface area contributed by atoms with Crippen LogP contribution < -0.4 is 0 Å². The van der Waals surface area contributed by atoms with Gasteiger partial charge in [0.1, 0.15) is 5.82 Å². The Kier molecular flexibility index (Phi) is 4.57. The number of rotatable bonds is 5. The van der Waals surface area contributed by atoms with E-state index in [-0.39, 0.29) is 0 Å². The Balaban J connectivity index is 1.84. The third-order valence-electron chi connectivity index (χ3n) is 3.90. The number of aromatic nitrogens is 3. The van der Waals surface area contributed by atoms with Crippen molar-refractivity contribution in [1.29, 1.82) is 0 Å². The second-order valence-electron chi connectivity index (χ2n) is 6.04. The molecule has 1 unspecified atom stereocenters. The molecule has 0 spiro atoms. The summed E-state index contributed by atoms with van der Waals surface area (Å²) in [5, 5.41) is 17.5. The highest BCUT2D eigenvalue weighted by molar-refractivity contribution is 7.99. The summed E-state index contributed by atoms with van der Waals surface area (Å²) >= 11 is 1.63. The normalized spacial score (nSPS) is 12.7. The SMILES string of the molecule is CC(C)c1nnc2ccc(Sc3ccc(C(C)C(=O)O)cc3)cn12. The van der Waals surface area contributed by atoms with E-state index < -0.39 is 11.9 Å². The molecule has 0 bridgehead atoms. The van der Waals surface area contributed by atoms with Crippen LogP contribution in [0.4, 0.5) is 0 Å². The van der Waals surface area contributed by atoms with Crippen LogP contribution in [0.25, 0.3) is 5.65 Å². The molecule has 0 radical (unpaired) electrons. The van der Waals surface area contributed by atoms with Crippen LogP contribution in [0, 0.1) is 0 Å². The van der Waals surface area contributed by atoms with Crippen molar-refractivity contribution in [3.8, 4) is 0 Å². The number of hydrogen-bond donors (Lipinski definition) is 1. The van der Waals surface area contributed by atoms with E-state index in [0.29, 0.717) is 5.92 Å². The van der Waals surface area contributed by atoms with E-state index in [0.717, 1.165) is 26.8 Å². The van der Waals surface area contributed by atoms with Crippen molar-refractivity contribution < 1.29 is 9.90 Å². The van der Waals surface area contributed by atoms with Gasteiger partial charge in [0, 0.05) is 21.9 Å². The summed E-state index contributed by atoms with van der Waals surface area (Å²) < 4.78 is 2.02. The molecule has 1 N–H and O–H groups in total. The Bertz CT molecular complexity index is 872. The number of nitrogens with zero attached hydrogens (tertiary/aromatic N) is 3. The Morgan fingerprint density at radius 3 is 2.33 bits per heavy atom. The molecular formula is C18H19N3O2S. The molecule has 2 aromatic heterocycles. The van der Waals surface area contributed by atoms with Crippen molar-refractivity contribution in [2.24, 2.45) is 0 Å². The minimum atomic E-state index is -0.810. The van der Waals surface area contributed by atoms with E-state index >= 15 is 0 Å². The summed E-state index contributed by atoms with van der Waals surface area (Å²) in [6.07, 6.45) is 2.04. The first kappa shape index (κ1) is 16.5. The van der Waals surface area contributed by atoms with Gasteiger partial charge in [-0.05, 0) is 36.8 Å². The molecule has 0 aliphatic rings. The summed E-state index contributed by atoms with van der Waals surface area (Å²) in [5.41, 5.74) is 1.65. The molecule has 3 rings (SSSR count). The van der Waals surface area contributed by atoms with Gasteiger partial charge in [0.25, 0.3) is 0 Å². The summed E-state index contributed by atoms with van der Waals surface area (Å²) in [7, 11) is 0. The minimum absolute atomic E-state index is 0.303. The van der Waals surface area contributed by atoms with Gasteiger partial charge in [-0.2, -0.15) is 0 Å². The molecule has 5 nitrogen and oxygen atoms in total. The molecule has 0 saturated heterocycles. The lowest BCUT2D eigenvalue weighted by atomic mass is 10.0. The zero-order valence-corrected chi connectivity index (χ0v) is 14.6. The third-order valence-corrected chi connectivity index (χ3v) is 4.89. The molecule has 24 heavy (non-hydrogen) atoms. The fraction of sp³-hybridized carbons (Fsp3) is 0.278. The third kappa shape index (κ3) is 3.28. The van der Waals surface area contributed by atoms with E-state index in [1.165, 1.54) is 0 Å². The van der Waals surface area contributed by atoms with Crippen molar-refractivity contribution in [2.45, 2.75) is 42.4 Å². The molecule has 2 heterocycles. The van der Waals surface area contributed by atoms with Crippen LogP contribution in [0.5, 0.6) is 0 Å². The highest BCUT2D eigenvalue weighted by Gasteiger charge is 2.13. The van der Waals surface area contributed by atoms with Crippen LogP contribution >= 0.6 is 11.8 Å². The number of pyridine rings is 1. The largest absolute Gasteiger partial charge is 0.481 e. The number of carboxylic acid groups (broad SMARTS) is 1. The van der Waals surface area contributed by atoms with Crippen molar-refractivity contribution in [3.05, 3.63) is 54.0 Å². The molecule has 1 atom stereocenters. The van der Waals surface area contributed by atoms with Crippen LogP contribution in [0.2, 0.25) is 0 Å². The van der Waals surface area contributed by atoms with Gasteiger partial charge in [0.15, 0.2) is 5.65 Å². The van der Waals surface area contributed by atoms with Gasteiger partial charge in [-0.25, -0.2) is 0 Å². The van der Waals surface area contributed by atoms with Crippen molar-refractivity contribution in [2.75, 3.05) is 0 Å². The maximum absolute atomic E-state index is 11.0. The fourth-order valence-electron chi connectivity index (χ4n) is 2.45. The number of carbonyl (C=O) groups is 1. The lowest BCUT2D eigenvalue weighted by Crippen LogP contribution is -2.06. The summed E-state index contributed by atoms with van der Waals surface area (Å²) in [4.78, 5) is 13.2. The molecular weight excluding hydrogens is 322 g/mol. The van der Waals surface area contributed by atoms with Gasteiger partial charge >= 0.3 is 5.97 Å². The van der Waals surface area contributed by atoms with E-state index in [4.69, 9.17) is 5.11 Å². The van der Waals surface area contributed by atoms with Gasteiger partial charge in [-0.15, -0.1) is 10.2 Å². The standard InChI is InChI=1S/C18H19N3O2S/c1-11(2)17-20-19-16-9-8-15(10-21(16)17)24-14-6-4-13(5-7-14)12(3)18(22)23/h4-12H,1-3H3,(H,22,23). The summed E-state index contributed by atoms with van der Waals surface area (Å²) in [6, 6.07) is 11.6. The maximum atomic E-state index is 11.0. The monoisotopic (exact) mass is 341 g/mol. The van der Waals surface area contributed by atoms with E-state index in [1.807, 2.05) is 47.0 Å². The average molecular weight is 341 g/mol. The fourth-order valence-corrected chi connectivity index (χ4v) is 3.28. The van der Waals surface area contributed by atoms with Gasteiger partial charge in [0.05, 0.1) is 5.92 Å². The van der Waals surface area contributed by atoms with Crippen LogP contribution in [0.3, 0.4) is 0 Å². The van der Waals surface area contributed by atoms with Crippen LogP contribution in [0.1, 0.15) is 44.0 Å².